The molecule has 1 aromatic heterocycles. The highest BCUT2D eigenvalue weighted by molar-refractivity contribution is 6.38. The topological polar surface area (TPSA) is 180 Å². The van der Waals surface area contributed by atoms with E-state index in [0.29, 0.717) is 13.0 Å². The second-order valence-electron chi connectivity index (χ2n) is 16.4. The van der Waals surface area contributed by atoms with Crippen molar-refractivity contribution in [3.63, 3.8) is 0 Å². The molecular weight excluding hydrogens is 686 g/mol. The van der Waals surface area contributed by atoms with E-state index in [1.54, 1.807) is 4.90 Å². The van der Waals surface area contributed by atoms with Crippen molar-refractivity contribution in [3.8, 4) is 0 Å². The number of carbonyl (C=O) groups is 6. The third kappa shape index (κ3) is 9.89. The number of aryl methyl sites for hydroxylation is 1. The summed E-state index contributed by atoms with van der Waals surface area (Å²) < 4.78 is 0. The van der Waals surface area contributed by atoms with Crippen LogP contribution in [-0.4, -0.2) is 80.9 Å². The molecule has 0 spiro atoms. The number of aromatic nitrogens is 2. The lowest BCUT2D eigenvalue weighted by Crippen LogP contribution is -2.62. The average Bonchev–Trinajstić information content (AvgIpc) is 3.77. The van der Waals surface area contributed by atoms with Crippen molar-refractivity contribution < 1.29 is 28.8 Å². The first-order valence-corrected chi connectivity index (χ1v) is 19.6. The fourth-order valence-corrected chi connectivity index (χ4v) is 8.36. The van der Waals surface area contributed by atoms with Gasteiger partial charge in [0.1, 0.15) is 23.8 Å². The summed E-state index contributed by atoms with van der Waals surface area (Å²) in [5.74, 6) is -3.47. The Hall–Kier alpha value is -4.68. The van der Waals surface area contributed by atoms with Crippen LogP contribution in [0.25, 0.3) is 0 Å². The van der Waals surface area contributed by atoms with Crippen molar-refractivity contribution >= 4 is 35.3 Å². The number of ketones is 1. The van der Waals surface area contributed by atoms with Gasteiger partial charge >= 0.3 is 0 Å². The number of Topliss-reactive ketones (excluding diaryl/α,β-unsaturated/α-hetero) is 1. The summed E-state index contributed by atoms with van der Waals surface area (Å²) >= 11 is 0. The molecule has 2 heterocycles. The molecule has 2 aliphatic carbocycles. The van der Waals surface area contributed by atoms with E-state index in [2.05, 4.69) is 31.2 Å². The van der Waals surface area contributed by atoms with Crippen molar-refractivity contribution in [2.24, 2.45) is 23.2 Å². The zero-order valence-corrected chi connectivity index (χ0v) is 32.4. The maximum Gasteiger partial charge on any atom is 0.289 e. The summed E-state index contributed by atoms with van der Waals surface area (Å²) in [4.78, 5) is 92.5. The van der Waals surface area contributed by atoms with Crippen molar-refractivity contribution in [1.82, 2.24) is 36.1 Å². The SMILES string of the molecule is CCC[C@@H](NC(=O)[C@@H]1[C@H]2CCC[C@H]2CN1C(=O)[C@@H](NC(=O)[C@H](NC(=O)c1cnccn1)C1CCCCC1)C(C)(C)C)C(=O)C(=O)NCc1ccc(C)cc1. The van der Waals surface area contributed by atoms with Crippen LogP contribution in [0.2, 0.25) is 0 Å². The van der Waals surface area contributed by atoms with E-state index in [4.69, 9.17) is 0 Å². The Morgan fingerprint density at radius 1 is 0.889 bits per heavy atom. The smallest absolute Gasteiger partial charge is 0.289 e. The summed E-state index contributed by atoms with van der Waals surface area (Å²) in [5, 5.41) is 11.5. The molecule has 0 bridgehead atoms. The van der Waals surface area contributed by atoms with E-state index in [1.807, 2.05) is 58.9 Å². The fraction of sp³-hybridized carbons (Fsp3) is 0.610. The van der Waals surface area contributed by atoms with Gasteiger partial charge in [0.2, 0.25) is 23.5 Å². The van der Waals surface area contributed by atoms with Gasteiger partial charge in [-0.25, -0.2) is 4.98 Å². The fourth-order valence-electron chi connectivity index (χ4n) is 8.36. The highest BCUT2D eigenvalue weighted by atomic mass is 16.2. The highest BCUT2D eigenvalue weighted by Gasteiger charge is 2.52. The molecule has 2 aromatic rings. The maximum atomic E-state index is 14.7. The quantitative estimate of drug-likeness (QED) is 0.211. The Kier molecular flexibility index (Phi) is 13.6. The van der Waals surface area contributed by atoms with Gasteiger partial charge in [0, 0.05) is 25.5 Å². The number of rotatable bonds is 14. The van der Waals surface area contributed by atoms with Gasteiger partial charge in [0.15, 0.2) is 0 Å². The molecule has 13 heteroatoms. The number of benzene rings is 1. The summed E-state index contributed by atoms with van der Waals surface area (Å²) in [6, 6.07) is 3.80. The van der Waals surface area contributed by atoms with Crippen LogP contribution in [0.4, 0.5) is 0 Å². The first-order valence-electron chi connectivity index (χ1n) is 19.6. The van der Waals surface area contributed by atoms with Gasteiger partial charge in [0.05, 0.1) is 12.2 Å². The predicted octanol–water partition coefficient (Wildman–Crippen LogP) is 3.79. The van der Waals surface area contributed by atoms with Gasteiger partial charge < -0.3 is 26.2 Å². The summed E-state index contributed by atoms with van der Waals surface area (Å²) in [6.45, 7) is 9.96. The summed E-state index contributed by atoms with van der Waals surface area (Å²) in [5.41, 5.74) is 1.27. The molecule has 1 aliphatic heterocycles. The van der Waals surface area contributed by atoms with E-state index < -0.39 is 59.0 Å². The third-order valence-corrected chi connectivity index (χ3v) is 11.3. The van der Waals surface area contributed by atoms with E-state index in [1.165, 1.54) is 18.6 Å². The number of nitrogens with one attached hydrogen (secondary N) is 4. The third-order valence-electron chi connectivity index (χ3n) is 11.3. The molecular formula is C41H57N7O6. The first-order chi connectivity index (χ1) is 25.8. The van der Waals surface area contributed by atoms with Crippen LogP contribution < -0.4 is 21.3 Å². The molecule has 13 nitrogen and oxygen atoms in total. The molecule has 0 unspecified atom stereocenters. The van der Waals surface area contributed by atoms with E-state index in [0.717, 1.165) is 62.5 Å². The predicted molar refractivity (Wildman–Crippen MR) is 202 cm³/mol. The standard InChI is InChI=1S/C41H57N7O6/c1-6-11-30(34(49)39(53)44-22-26-18-16-25(2)17-19-26)45-38(52)33-29-15-10-14-28(29)24-48(33)40(54)35(41(3,4)5)47-37(51)32(27-12-8-7-9-13-27)46-36(50)31-23-42-20-21-43-31/h16-21,23,27-30,32-33,35H,6-15,22,24H2,1-5H3,(H,44,53)(H,45,52)(H,46,50)(H,47,51)/t28-,29-,30+,32+,33-,35+/m0/s1. The highest BCUT2D eigenvalue weighted by Crippen LogP contribution is 2.43. The lowest BCUT2D eigenvalue weighted by molar-refractivity contribution is -0.146. The Bertz CT molecular complexity index is 1650. The van der Waals surface area contributed by atoms with Crippen LogP contribution in [0.1, 0.15) is 114 Å². The monoisotopic (exact) mass is 743 g/mol. The Balaban J connectivity index is 1.33. The first kappa shape index (κ1) is 40.5. The molecule has 1 saturated heterocycles. The van der Waals surface area contributed by atoms with Gasteiger partial charge in [-0.1, -0.05) is 89.6 Å². The van der Waals surface area contributed by atoms with Crippen molar-refractivity contribution in [2.45, 2.75) is 130 Å². The van der Waals surface area contributed by atoms with E-state index >= 15 is 0 Å². The molecule has 292 valence electrons. The number of fused-ring (bicyclic) bond motifs is 1. The minimum atomic E-state index is -1.05. The Labute approximate surface area is 318 Å². The minimum absolute atomic E-state index is 0.0932. The molecule has 0 radical (unpaired) electrons. The van der Waals surface area contributed by atoms with Gasteiger partial charge in [-0.05, 0) is 67.8 Å². The molecule has 1 aromatic carbocycles. The van der Waals surface area contributed by atoms with Gasteiger partial charge in [0.25, 0.3) is 11.8 Å². The molecule has 3 fully saturated rings. The van der Waals surface area contributed by atoms with Crippen LogP contribution in [0.3, 0.4) is 0 Å². The number of hydrogen-bond donors (Lipinski definition) is 4. The molecule has 4 N–H and O–H groups in total. The Morgan fingerprint density at radius 2 is 1.61 bits per heavy atom. The van der Waals surface area contributed by atoms with Crippen LogP contribution in [-0.2, 0) is 30.5 Å². The van der Waals surface area contributed by atoms with E-state index in [9.17, 15) is 28.8 Å². The molecule has 5 amide bonds. The summed E-state index contributed by atoms with van der Waals surface area (Å²) in [7, 11) is 0. The molecule has 54 heavy (non-hydrogen) atoms. The van der Waals surface area contributed by atoms with Crippen LogP contribution >= 0.6 is 0 Å². The van der Waals surface area contributed by atoms with Gasteiger partial charge in [-0.3, -0.25) is 33.8 Å². The number of likely N-dealkylation sites (tertiary alicyclic amines) is 1. The number of carbonyl (C=O) groups excluding carboxylic acids is 6. The number of nitrogens with zero attached hydrogens (tertiary/aromatic N) is 3. The van der Waals surface area contributed by atoms with Crippen molar-refractivity contribution in [2.75, 3.05) is 6.54 Å². The van der Waals surface area contributed by atoms with Gasteiger partial charge in [-0.2, -0.15) is 0 Å². The van der Waals surface area contributed by atoms with Crippen LogP contribution in [0.15, 0.2) is 42.9 Å². The molecule has 2 saturated carbocycles. The van der Waals surface area contributed by atoms with Crippen molar-refractivity contribution in [1.29, 1.82) is 0 Å². The normalized spacial score (nSPS) is 21.6. The second-order valence-corrected chi connectivity index (χ2v) is 16.4. The van der Waals surface area contributed by atoms with Crippen LogP contribution in [0, 0.1) is 30.1 Å². The number of amides is 5. The zero-order valence-electron chi connectivity index (χ0n) is 32.4. The second kappa shape index (κ2) is 18.1. The Morgan fingerprint density at radius 3 is 2.26 bits per heavy atom. The zero-order chi connectivity index (χ0) is 39.0. The van der Waals surface area contributed by atoms with Crippen LogP contribution in [0.5, 0.6) is 0 Å². The molecule has 3 aliphatic rings. The summed E-state index contributed by atoms with van der Waals surface area (Å²) in [6.07, 6.45) is 12.0. The largest absolute Gasteiger partial charge is 0.345 e. The maximum absolute atomic E-state index is 14.7. The van der Waals surface area contributed by atoms with E-state index in [-0.39, 0.29) is 42.3 Å². The lowest BCUT2D eigenvalue weighted by Gasteiger charge is -2.38. The minimum Gasteiger partial charge on any atom is -0.345 e. The number of hydrogen-bond acceptors (Lipinski definition) is 8. The average molecular weight is 744 g/mol. The van der Waals surface area contributed by atoms with Crippen molar-refractivity contribution in [3.05, 3.63) is 59.7 Å². The lowest BCUT2D eigenvalue weighted by atomic mass is 9.82. The molecule has 5 rings (SSSR count). The molecule has 6 atom stereocenters. The van der Waals surface area contributed by atoms with Gasteiger partial charge in [-0.15, -0.1) is 0 Å².